The number of hydrogen-bond donors (Lipinski definition) is 1. The van der Waals surface area contributed by atoms with Crippen molar-refractivity contribution in [3.8, 4) is 11.4 Å². The van der Waals surface area contributed by atoms with Crippen molar-refractivity contribution >= 4 is 11.6 Å². The van der Waals surface area contributed by atoms with E-state index in [-0.39, 0.29) is 5.91 Å². The standard InChI is InChI=1S/C16H18N4O3/c1-10(2)13-7-14(23-19-13)16(21)17-8-11-3-5-12(6-4-11)15-18-9-22-20-15/h3-6,9-10,14H,7-8H2,1-2H3,(H,17,21). The molecular formula is C16H18N4O3. The molecule has 1 amide bonds. The SMILES string of the molecule is CC(C)C1=NOC(C(=O)NCc2ccc(-c3ncon3)cc2)C1. The van der Waals surface area contributed by atoms with Crippen LogP contribution in [0.2, 0.25) is 0 Å². The highest BCUT2D eigenvalue weighted by atomic mass is 16.6. The van der Waals surface area contributed by atoms with Crippen LogP contribution in [0.1, 0.15) is 25.8 Å². The Balaban J connectivity index is 1.52. The van der Waals surface area contributed by atoms with E-state index >= 15 is 0 Å². The summed E-state index contributed by atoms with van der Waals surface area (Å²) in [5.74, 6) is 0.690. The molecule has 0 aliphatic carbocycles. The van der Waals surface area contributed by atoms with Gasteiger partial charge in [-0.25, -0.2) is 0 Å². The quantitative estimate of drug-likeness (QED) is 0.913. The van der Waals surface area contributed by atoms with Gasteiger partial charge in [0.25, 0.3) is 5.91 Å². The highest BCUT2D eigenvalue weighted by Crippen LogP contribution is 2.17. The van der Waals surface area contributed by atoms with E-state index in [0.717, 1.165) is 16.8 Å². The fraction of sp³-hybridized carbons (Fsp3) is 0.375. The summed E-state index contributed by atoms with van der Waals surface area (Å²) in [6.07, 6.45) is 1.32. The molecule has 1 aromatic carbocycles. The van der Waals surface area contributed by atoms with Crippen LogP contribution >= 0.6 is 0 Å². The third-order valence-corrected chi connectivity index (χ3v) is 3.69. The van der Waals surface area contributed by atoms with Crippen molar-refractivity contribution in [2.24, 2.45) is 11.1 Å². The second-order valence-corrected chi connectivity index (χ2v) is 5.71. The molecule has 2 heterocycles. The van der Waals surface area contributed by atoms with Gasteiger partial charge in [-0.05, 0) is 11.5 Å². The number of benzene rings is 1. The number of nitrogens with one attached hydrogen (secondary N) is 1. The molecule has 0 saturated heterocycles. The summed E-state index contributed by atoms with van der Waals surface area (Å²) in [4.78, 5) is 21.3. The van der Waals surface area contributed by atoms with Crippen molar-refractivity contribution in [2.75, 3.05) is 0 Å². The summed E-state index contributed by atoms with van der Waals surface area (Å²) in [5, 5.41) is 10.6. The zero-order valence-electron chi connectivity index (χ0n) is 13.0. The van der Waals surface area contributed by atoms with E-state index in [1.54, 1.807) is 0 Å². The first kappa shape index (κ1) is 15.2. The number of hydrogen-bond acceptors (Lipinski definition) is 6. The Labute approximate surface area is 133 Å². The normalized spacial score (nSPS) is 17.0. The largest absolute Gasteiger partial charge is 0.382 e. The number of oxime groups is 1. The van der Waals surface area contributed by atoms with Crippen molar-refractivity contribution < 1.29 is 14.2 Å². The highest BCUT2D eigenvalue weighted by molar-refractivity contribution is 5.93. The van der Waals surface area contributed by atoms with Gasteiger partial charge in [-0.1, -0.05) is 48.4 Å². The Morgan fingerprint density at radius 3 is 2.74 bits per heavy atom. The Hall–Kier alpha value is -2.70. The van der Waals surface area contributed by atoms with E-state index in [1.165, 1.54) is 6.39 Å². The van der Waals surface area contributed by atoms with E-state index in [1.807, 2.05) is 38.1 Å². The molecule has 1 aromatic heterocycles. The Morgan fingerprint density at radius 2 is 2.13 bits per heavy atom. The molecule has 7 heteroatoms. The highest BCUT2D eigenvalue weighted by Gasteiger charge is 2.28. The van der Waals surface area contributed by atoms with E-state index in [2.05, 4.69) is 20.6 Å². The van der Waals surface area contributed by atoms with Gasteiger partial charge in [0.05, 0.1) is 5.71 Å². The Kier molecular flexibility index (Phi) is 4.36. The molecule has 0 radical (unpaired) electrons. The summed E-state index contributed by atoms with van der Waals surface area (Å²) < 4.78 is 4.72. The van der Waals surface area contributed by atoms with Crippen molar-refractivity contribution in [1.82, 2.24) is 15.5 Å². The Bertz CT molecular complexity index is 693. The van der Waals surface area contributed by atoms with Crippen LogP contribution in [0.25, 0.3) is 11.4 Å². The molecule has 23 heavy (non-hydrogen) atoms. The molecule has 0 fully saturated rings. The van der Waals surface area contributed by atoms with Crippen LogP contribution in [0.15, 0.2) is 40.3 Å². The predicted molar refractivity (Wildman–Crippen MR) is 83.3 cm³/mol. The minimum Gasteiger partial charge on any atom is -0.382 e. The minimum atomic E-state index is -0.522. The fourth-order valence-corrected chi connectivity index (χ4v) is 2.25. The van der Waals surface area contributed by atoms with Gasteiger partial charge in [-0.15, -0.1) is 0 Å². The van der Waals surface area contributed by atoms with Crippen molar-refractivity contribution in [3.63, 3.8) is 0 Å². The molecule has 3 rings (SSSR count). The Morgan fingerprint density at radius 1 is 1.35 bits per heavy atom. The van der Waals surface area contributed by atoms with E-state index in [9.17, 15) is 4.79 Å². The first-order valence-electron chi connectivity index (χ1n) is 7.49. The van der Waals surface area contributed by atoms with Crippen LogP contribution < -0.4 is 5.32 Å². The number of carbonyl (C=O) groups excluding carboxylic acids is 1. The molecule has 7 nitrogen and oxygen atoms in total. The van der Waals surface area contributed by atoms with Crippen LogP contribution in [0.5, 0.6) is 0 Å². The van der Waals surface area contributed by atoms with Gasteiger partial charge >= 0.3 is 0 Å². The lowest BCUT2D eigenvalue weighted by atomic mass is 10.0. The van der Waals surface area contributed by atoms with Gasteiger partial charge < -0.3 is 14.7 Å². The lowest BCUT2D eigenvalue weighted by molar-refractivity contribution is -0.131. The lowest BCUT2D eigenvalue weighted by Gasteiger charge is -2.10. The monoisotopic (exact) mass is 314 g/mol. The van der Waals surface area contributed by atoms with Gasteiger partial charge in [0, 0.05) is 18.5 Å². The molecule has 0 bridgehead atoms. The van der Waals surface area contributed by atoms with Crippen LogP contribution in [0.3, 0.4) is 0 Å². The van der Waals surface area contributed by atoms with Crippen molar-refractivity contribution in [1.29, 1.82) is 0 Å². The number of rotatable bonds is 5. The summed E-state index contributed by atoms with van der Waals surface area (Å²) in [6, 6.07) is 7.60. The van der Waals surface area contributed by atoms with E-state index in [4.69, 9.17) is 9.36 Å². The molecular weight excluding hydrogens is 296 g/mol. The summed E-state index contributed by atoms with van der Waals surface area (Å²) >= 11 is 0. The topological polar surface area (TPSA) is 89.6 Å². The van der Waals surface area contributed by atoms with Gasteiger partial charge in [0.1, 0.15) is 0 Å². The maximum absolute atomic E-state index is 12.1. The van der Waals surface area contributed by atoms with E-state index in [0.29, 0.717) is 24.7 Å². The molecule has 0 saturated carbocycles. The number of aromatic nitrogens is 2. The zero-order chi connectivity index (χ0) is 16.2. The average Bonchev–Trinajstić information content (AvgIpc) is 3.24. The molecule has 1 unspecified atom stereocenters. The lowest BCUT2D eigenvalue weighted by Crippen LogP contribution is -2.34. The van der Waals surface area contributed by atoms with Crippen LogP contribution in [-0.4, -0.2) is 27.9 Å². The van der Waals surface area contributed by atoms with Gasteiger partial charge in [0.2, 0.25) is 18.3 Å². The molecule has 2 aromatic rings. The van der Waals surface area contributed by atoms with Crippen LogP contribution in [0, 0.1) is 5.92 Å². The second kappa shape index (κ2) is 6.60. The first-order valence-corrected chi connectivity index (χ1v) is 7.49. The number of carbonyl (C=O) groups is 1. The summed E-state index contributed by atoms with van der Waals surface area (Å²) in [6.45, 7) is 4.50. The second-order valence-electron chi connectivity index (χ2n) is 5.71. The third-order valence-electron chi connectivity index (χ3n) is 3.69. The van der Waals surface area contributed by atoms with Crippen molar-refractivity contribution in [2.45, 2.75) is 32.9 Å². The third kappa shape index (κ3) is 3.56. The molecule has 0 spiro atoms. The maximum Gasteiger partial charge on any atom is 0.264 e. The maximum atomic E-state index is 12.1. The molecule has 120 valence electrons. The molecule has 1 aliphatic rings. The number of amides is 1. The smallest absolute Gasteiger partial charge is 0.264 e. The molecule has 1 N–H and O–H groups in total. The average molecular weight is 314 g/mol. The molecule has 1 aliphatic heterocycles. The van der Waals surface area contributed by atoms with Gasteiger partial charge in [-0.3, -0.25) is 4.79 Å². The van der Waals surface area contributed by atoms with Gasteiger partial charge in [0.15, 0.2) is 0 Å². The fourth-order valence-electron chi connectivity index (χ4n) is 2.25. The van der Waals surface area contributed by atoms with Crippen molar-refractivity contribution in [3.05, 3.63) is 36.2 Å². The minimum absolute atomic E-state index is 0.147. The summed E-state index contributed by atoms with van der Waals surface area (Å²) in [5.41, 5.74) is 2.77. The van der Waals surface area contributed by atoms with Crippen LogP contribution in [-0.2, 0) is 16.2 Å². The van der Waals surface area contributed by atoms with Crippen LogP contribution in [0.4, 0.5) is 0 Å². The predicted octanol–water partition coefficient (Wildman–Crippen LogP) is 2.15. The van der Waals surface area contributed by atoms with Gasteiger partial charge in [-0.2, -0.15) is 4.98 Å². The zero-order valence-corrected chi connectivity index (χ0v) is 13.0. The summed E-state index contributed by atoms with van der Waals surface area (Å²) in [7, 11) is 0. The number of nitrogens with zero attached hydrogens (tertiary/aromatic N) is 3. The van der Waals surface area contributed by atoms with E-state index < -0.39 is 6.10 Å². The molecule has 1 atom stereocenters. The first-order chi connectivity index (χ1) is 11.1.